The van der Waals surface area contributed by atoms with E-state index < -0.39 is 4.92 Å². The van der Waals surface area contributed by atoms with Crippen molar-refractivity contribution in [1.29, 1.82) is 0 Å². The normalized spacial score (nSPS) is 10.2. The molecule has 2 N–H and O–H groups in total. The zero-order valence-corrected chi connectivity index (χ0v) is 10.7. The molecular weight excluding hydrogens is 244 g/mol. The highest BCUT2D eigenvalue weighted by Gasteiger charge is 2.10. The van der Waals surface area contributed by atoms with Gasteiger partial charge in [0.05, 0.1) is 11.0 Å². The standard InChI is InChI=1S/C14H14N2O3/c1-9-3-10(2)5-13(4-9)19-14-7-11(15)6-12(8-14)16(17)18/h3-8H,15H2,1-2H3. The van der Waals surface area contributed by atoms with E-state index in [1.807, 2.05) is 32.0 Å². The molecule has 0 fully saturated rings. The number of hydrogen-bond acceptors (Lipinski definition) is 4. The van der Waals surface area contributed by atoms with E-state index in [0.717, 1.165) is 11.1 Å². The molecule has 0 aliphatic rings. The molecule has 0 heterocycles. The average Bonchev–Trinajstić information content (AvgIpc) is 2.26. The van der Waals surface area contributed by atoms with Gasteiger partial charge in [0.15, 0.2) is 0 Å². The molecule has 0 atom stereocenters. The smallest absolute Gasteiger partial charge is 0.275 e. The molecule has 2 aromatic carbocycles. The lowest BCUT2D eigenvalue weighted by Crippen LogP contribution is -1.94. The quantitative estimate of drug-likeness (QED) is 0.518. The van der Waals surface area contributed by atoms with Crippen LogP contribution in [0.2, 0.25) is 0 Å². The summed E-state index contributed by atoms with van der Waals surface area (Å²) in [6.07, 6.45) is 0. The average molecular weight is 258 g/mol. The number of nitro groups is 1. The van der Waals surface area contributed by atoms with Crippen molar-refractivity contribution in [1.82, 2.24) is 0 Å². The molecule has 0 saturated carbocycles. The minimum atomic E-state index is -0.495. The Balaban J connectivity index is 2.35. The lowest BCUT2D eigenvalue weighted by Gasteiger charge is -2.08. The number of nitro benzene ring substituents is 1. The minimum absolute atomic E-state index is 0.0839. The number of ether oxygens (including phenoxy) is 1. The summed E-state index contributed by atoms with van der Waals surface area (Å²) in [6, 6.07) is 9.96. The van der Waals surface area contributed by atoms with Crippen LogP contribution < -0.4 is 10.5 Å². The predicted octanol–water partition coefficient (Wildman–Crippen LogP) is 3.59. The Labute approximate surface area is 110 Å². The Kier molecular flexibility index (Phi) is 3.37. The van der Waals surface area contributed by atoms with E-state index in [9.17, 15) is 10.1 Å². The molecule has 0 saturated heterocycles. The Morgan fingerprint density at radius 3 is 2.16 bits per heavy atom. The number of non-ortho nitro benzene ring substituents is 1. The Hall–Kier alpha value is -2.56. The zero-order chi connectivity index (χ0) is 14.0. The molecule has 0 bridgehead atoms. The van der Waals surface area contributed by atoms with Crippen molar-refractivity contribution in [2.75, 3.05) is 5.73 Å². The summed E-state index contributed by atoms with van der Waals surface area (Å²) in [4.78, 5) is 10.3. The molecule has 98 valence electrons. The van der Waals surface area contributed by atoms with Crippen LogP contribution >= 0.6 is 0 Å². The summed E-state index contributed by atoms with van der Waals surface area (Å²) in [5, 5.41) is 10.8. The van der Waals surface area contributed by atoms with Crippen molar-refractivity contribution < 1.29 is 9.66 Å². The maximum Gasteiger partial charge on any atom is 0.275 e. The minimum Gasteiger partial charge on any atom is -0.457 e. The second-order valence-electron chi connectivity index (χ2n) is 4.44. The van der Waals surface area contributed by atoms with E-state index in [2.05, 4.69) is 0 Å². The Morgan fingerprint density at radius 2 is 1.58 bits per heavy atom. The number of nitrogens with zero attached hydrogens (tertiary/aromatic N) is 1. The second-order valence-corrected chi connectivity index (χ2v) is 4.44. The van der Waals surface area contributed by atoms with Crippen molar-refractivity contribution in [3.05, 3.63) is 57.6 Å². The summed E-state index contributed by atoms with van der Waals surface area (Å²) in [6.45, 7) is 3.92. The van der Waals surface area contributed by atoms with E-state index >= 15 is 0 Å². The van der Waals surface area contributed by atoms with Crippen molar-refractivity contribution in [2.45, 2.75) is 13.8 Å². The number of rotatable bonds is 3. The highest BCUT2D eigenvalue weighted by molar-refractivity contribution is 5.54. The highest BCUT2D eigenvalue weighted by Crippen LogP contribution is 2.29. The molecule has 0 amide bonds. The zero-order valence-electron chi connectivity index (χ0n) is 10.7. The monoisotopic (exact) mass is 258 g/mol. The number of benzene rings is 2. The number of anilines is 1. The third-order valence-electron chi connectivity index (χ3n) is 2.56. The molecule has 5 nitrogen and oxygen atoms in total. The van der Waals surface area contributed by atoms with Crippen molar-refractivity contribution in [3.8, 4) is 11.5 Å². The molecule has 2 rings (SSSR count). The molecule has 0 aromatic heterocycles. The highest BCUT2D eigenvalue weighted by atomic mass is 16.6. The number of nitrogen functional groups attached to an aromatic ring is 1. The van der Waals surface area contributed by atoms with Gasteiger partial charge in [-0.3, -0.25) is 10.1 Å². The first-order valence-corrected chi connectivity index (χ1v) is 5.75. The second kappa shape index (κ2) is 4.97. The van der Waals surface area contributed by atoms with Crippen LogP contribution in [-0.2, 0) is 0 Å². The van der Waals surface area contributed by atoms with Gasteiger partial charge in [0, 0.05) is 17.8 Å². The topological polar surface area (TPSA) is 78.4 Å². The summed E-state index contributed by atoms with van der Waals surface area (Å²) >= 11 is 0. The SMILES string of the molecule is Cc1cc(C)cc(Oc2cc(N)cc([N+](=O)[O-])c2)c1. The molecule has 0 unspecified atom stereocenters. The van der Waals surface area contributed by atoms with Gasteiger partial charge in [-0.2, -0.15) is 0 Å². The lowest BCUT2D eigenvalue weighted by atomic mass is 10.1. The largest absolute Gasteiger partial charge is 0.457 e. The molecule has 2 aromatic rings. The molecule has 19 heavy (non-hydrogen) atoms. The van der Waals surface area contributed by atoms with Gasteiger partial charge >= 0.3 is 0 Å². The maximum absolute atomic E-state index is 10.8. The Bertz CT molecular complexity index is 618. The van der Waals surface area contributed by atoms with Crippen LogP contribution in [0, 0.1) is 24.0 Å². The number of hydrogen-bond donors (Lipinski definition) is 1. The lowest BCUT2D eigenvalue weighted by molar-refractivity contribution is -0.384. The molecular formula is C14H14N2O3. The fourth-order valence-corrected chi connectivity index (χ4v) is 1.90. The van der Waals surface area contributed by atoms with Crippen molar-refractivity contribution >= 4 is 11.4 Å². The van der Waals surface area contributed by atoms with Gasteiger partial charge in [-0.1, -0.05) is 6.07 Å². The first-order chi connectivity index (χ1) is 8.94. The first kappa shape index (κ1) is 12.9. The van der Waals surface area contributed by atoms with E-state index in [-0.39, 0.29) is 5.69 Å². The third-order valence-corrected chi connectivity index (χ3v) is 2.56. The van der Waals surface area contributed by atoms with Gasteiger partial charge in [-0.05, 0) is 37.1 Å². The van der Waals surface area contributed by atoms with Crippen LogP contribution in [0.4, 0.5) is 11.4 Å². The van der Waals surface area contributed by atoms with Crippen molar-refractivity contribution in [2.24, 2.45) is 0 Å². The van der Waals surface area contributed by atoms with Crippen LogP contribution in [0.25, 0.3) is 0 Å². The predicted molar refractivity (Wildman–Crippen MR) is 73.5 cm³/mol. The van der Waals surface area contributed by atoms with Crippen LogP contribution in [0.15, 0.2) is 36.4 Å². The van der Waals surface area contributed by atoms with Gasteiger partial charge in [-0.25, -0.2) is 0 Å². The van der Waals surface area contributed by atoms with E-state index in [1.54, 1.807) is 6.07 Å². The number of nitrogens with two attached hydrogens (primary N) is 1. The fourth-order valence-electron chi connectivity index (χ4n) is 1.90. The maximum atomic E-state index is 10.8. The van der Waals surface area contributed by atoms with Crippen molar-refractivity contribution in [3.63, 3.8) is 0 Å². The molecule has 0 aliphatic carbocycles. The number of aryl methyl sites for hydroxylation is 2. The third kappa shape index (κ3) is 3.22. The van der Waals surface area contributed by atoms with Gasteiger partial charge in [0.2, 0.25) is 0 Å². The van der Waals surface area contributed by atoms with E-state index in [1.165, 1.54) is 12.1 Å². The summed E-state index contributed by atoms with van der Waals surface area (Å²) < 4.78 is 5.63. The van der Waals surface area contributed by atoms with Crippen LogP contribution in [0.5, 0.6) is 11.5 Å². The van der Waals surface area contributed by atoms with Crippen LogP contribution in [-0.4, -0.2) is 4.92 Å². The van der Waals surface area contributed by atoms with Gasteiger partial charge < -0.3 is 10.5 Å². The fraction of sp³-hybridized carbons (Fsp3) is 0.143. The van der Waals surface area contributed by atoms with Crippen LogP contribution in [0.3, 0.4) is 0 Å². The van der Waals surface area contributed by atoms with Crippen LogP contribution in [0.1, 0.15) is 11.1 Å². The first-order valence-electron chi connectivity index (χ1n) is 5.75. The van der Waals surface area contributed by atoms with Gasteiger partial charge in [0.25, 0.3) is 5.69 Å². The molecule has 0 aliphatic heterocycles. The molecule has 5 heteroatoms. The summed E-state index contributed by atoms with van der Waals surface area (Å²) in [7, 11) is 0. The summed E-state index contributed by atoms with van der Waals surface area (Å²) in [5.41, 5.74) is 7.97. The molecule has 0 radical (unpaired) electrons. The van der Waals surface area contributed by atoms with E-state index in [0.29, 0.717) is 17.2 Å². The molecule has 0 spiro atoms. The Morgan fingerprint density at radius 1 is 1.00 bits per heavy atom. The van der Waals surface area contributed by atoms with Gasteiger partial charge in [-0.15, -0.1) is 0 Å². The van der Waals surface area contributed by atoms with Gasteiger partial charge in [0.1, 0.15) is 11.5 Å². The summed E-state index contributed by atoms with van der Waals surface area (Å²) in [5.74, 6) is 0.995. The van der Waals surface area contributed by atoms with E-state index in [4.69, 9.17) is 10.5 Å².